The number of primary amides is 1. The van der Waals surface area contributed by atoms with Gasteiger partial charge in [-0.25, -0.2) is 0 Å². The Balaban J connectivity index is 2.11. The lowest BCUT2D eigenvalue weighted by Crippen LogP contribution is -2.30. The molecule has 2 rings (SSSR count). The first kappa shape index (κ1) is 17.7. The van der Waals surface area contributed by atoms with Gasteiger partial charge in [-0.05, 0) is 73.2 Å². The number of amides is 2. The molecule has 1 aromatic carbocycles. The van der Waals surface area contributed by atoms with Crippen LogP contribution in [-0.4, -0.2) is 17.9 Å². The Bertz CT molecular complexity index is 741. The van der Waals surface area contributed by atoms with Crippen molar-refractivity contribution in [2.45, 2.75) is 26.9 Å². The van der Waals surface area contributed by atoms with Crippen molar-refractivity contribution >= 4 is 50.7 Å². The highest BCUT2D eigenvalue weighted by molar-refractivity contribution is 14.1. The summed E-state index contributed by atoms with van der Waals surface area (Å²) in [6, 6.07) is 7.41. The highest BCUT2D eigenvalue weighted by atomic mass is 127. The molecular formula is C16H17IN2O3S. The summed E-state index contributed by atoms with van der Waals surface area (Å²) in [7, 11) is 0. The van der Waals surface area contributed by atoms with E-state index in [9.17, 15) is 9.59 Å². The number of hydrogen-bond donors (Lipinski definition) is 2. The lowest BCUT2D eigenvalue weighted by atomic mass is 10.1. The summed E-state index contributed by atoms with van der Waals surface area (Å²) >= 11 is 3.53. The van der Waals surface area contributed by atoms with Gasteiger partial charge < -0.3 is 15.8 Å². The van der Waals surface area contributed by atoms with Crippen LogP contribution in [0.15, 0.2) is 24.3 Å². The van der Waals surface area contributed by atoms with Gasteiger partial charge in [-0.15, -0.1) is 11.3 Å². The zero-order valence-corrected chi connectivity index (χ0v) is 15.9. The summed E-state index contributed by atoms with van der Waals surface area (Å²) in [5.74, 6) is -0.262. The molecule has 0 saturated heterocycles. The first-order valence-corrected chi connectivity index (χ1v) is 8.82. The number of nitrogens with two attached hydrogens (primary N) is 1. The molecule has 1 heterocycles. The first-order chi connectivity index (χ1) is 10.8. The molecule has 0 bridgehead atoms. The second-order valence-corrected chi connectivity index (χ2v) is 7.53. The average molecular weight is 444 g/mol. The van der Waals surface area contributed by atoms with Crippen LogP contribution in [-0.2, 0) is 4.79 Å². The normalized spacial score (nSPS) is 11.8. The molecule has 0 saturated carbocycles. The van der Waals surface area contributed by atoms with Gasteiger partial charge in [-0.1, -0.05) is 0 Å². The molecule has 1 atom stereocenters. The maximum Gasteiger partial charge on any atom is 0.265 e. The van der Waals surface area contributed by atoms with Gasteiger partial charge in [-0.3, -0.25) is 9.59 Å². The van der Waals surface area contributed by atoms with Gasteiger partial charge in [0, 0.05) is 8.45 Å². The highest BCUT2D eigenvalue weighted by Crippen LogP contribution is 2.32. The second-order valence-electron chi connectivity index (χ2n) is 5.05. The van der Waals surface area contributed by atoms with Crippen LogP contribution in [0.2, 0.25) is 0 Å². The largest absolute Gasteiger partial charge is 0.481 e. The van der Waals surface area contributed by atoms with E-state index in [2.05, 4.69) is 27.9 Å². The number of carbonyl (C=O) groups is 2. The van der Waals surface area contributed by atoms with Crippen LogP contribution < -0.4 is 15.8 Å². The van der Waals surface area contributed by atoms with Crippen molar-refractivity contribution in [3.63, 3.8) is 0 Å². The maximum atomic E-state index is 12.3. The summed E-state index contributed by atoms with van der Waals surface area (Å²) < 4.78 is 6.70. The minimum absolute atomic E-state index is 0.327. The van der Waals surface area contributed by atoms with Gasteiger partial charge in [0.15, 0.2) is 6.10 Å². The molecule has 0 aliphatic heterocycles. The highest BCUT2D eigenvalue weighted by Gasteiger charge is 2.22. The number of carbonyl (C=O) groups excluding carboxylic acids is 2. The molecular weight excluding hydrogens is 427 g/mol. The lowest BCUT2D eigenvalue weighted by Gasteiger charge is -2.14. The van der Waals surface area contributed by atoms with E-state index in [1.807, 2.05) is 26.0 Å². The Labute approximate surface area is 152 Å². The fraction of sp³-hybridized carbons (Fsp3) is 0.250. The average Bonchev–Trinajstić information content (AvgIpc) is 2.76. The molecule has 2 amide bonds. The van der Waals surface area contributed by atoms with Crippen LogP contribution in [0.1, 0.15) is 27.7 Å². The predicted molar refractivity (Wildman–Crippen MR) is 100 cm³/mol. The number of halogens is 1. The Morgan fingerprint density at radius 2 is 1.87 bits per heavy atom. The molecule has 5 nitrogen and oxygen atoms in total. The van der Waals surface area contributed by atoms with E-state index in [1.165, 1.54) is 11.3 Å². The number of nitrogens with one attached hydrogen (secondary N) is 1. The molecule has 0 radical (unpaired) electrons. The standard InChI is InChI=1S/C16H17IN2O3S/c1-8-10(3)23-16(13(8)14(18)20)19-15(21)9(2)22-12-6-4-11(17)5-7-12/h4-7,9H,1-3H3,(H2,18,20)(H,19,21). The van der Waals surface area contributed by atoms with Crippen LogP contribution in [0, 0.1) is 17.4 Å². The van der Waals surface area contributed by atoms with Crippen molar-refractivity contribution < 1.29 is 14.3 Å². The summed E-state index contributed by atoms with van der Waals surface area (Å²) in [5, 5.41) is 3.21. The summed E-state index contributed by atoms with van der Waals surface area (Å²) in [5.41, 5.74) is 6.56. The third-order valence-electron chi connectivity index (χ3n) is 3.36. The maximum absolute atomic E-state index is 12.3. The van der Waals surface area contributed by atoms with Crippen LogP contribution in [0.25, 0.3) is 0 Å². The first-order valence-electron chi connectivity index (χ1n) is 6.92. The zero-order valence-electron chi connectivity index (χ0n) is 13.0. The Morgan fingerprint density at radius 1 is 1.26 bits per heavy atom. The van der Waals surface area contributed by atoms with Crippen molar-refractivity contribution in [3.8, 4) is 5.75 Å². The molecule has 23 heavy (non-hydrogen) atoms. The molecule has 122 valence electrons. The third kappa shape index (κ3) is 4.23. The molecule has 1 unspecified atom stereocenters. The van der Waals surface area contributed by atoms with Gasteiger partial charge in [-0.2, -0.15) is 0 Å². The number of aryl methyl sites for hydroxylation is 1. The zero-order chi connectivity index (χ0) is 17.1. The van der Waals surface area contributed by atoms with Gasteiger partial charge in [0.05, 0.1) is 5.56 Å². The lowest BCUT2D eigenvalue weighted by molar-refractivity contribution is -0.122. The van der Waals surface area contributed by atoms with E-state index in [-0.39, 0.29) is 5.91 Å². The molecule has 0 fully saturated rings. The topological polar surface area (TPSA) is 81.4 Å². The second kappa shape index (κ2) is 7.31. The van der Waals surface area contributed by atoms with E-state index in [0.717, 1.165) is 14.0 Å². The van der Waals surface area contributed by atoms with Gasteiger partial charge in [0.1, 0.15) is 10.8 Å². The molecule has 1 aromatic heterocycles. The van der Waals surface area contributed by atoms with E-state index < -0.39 is 12.0 Å². The quantitative estimate of drug-likeness (QED) is 0.694. The fourth-order valence-electron chi connectivity index (χ4n) is 2.00. The van der Waals surface area contributed by atoms with Gasteiger partial charge in [0.25, 0.3) is 11.8 Å². The van der Waals surface area contributed by atoms with Crippen LogP contribution >= 0.6 is 33.9 Å². The van der Waals surface area contributed by atoms with Crippen LogP contribution in [0.3, 0.4) is 0 Å². The summed E-state index contributed by atoms with van der Waals surface area (Å²) in [6.45, 7) is 5.35. The van der Waals surface area contributed by atoms with Crippen LogP contribution in [0.5, 0.6) is 5.75 Å². The Kier molecular flexibility index (Phi) is 5.64. The Hall–Kier alpha value is -1.61. The Morgan fingerprint density at radius 3 is 2.43 bits per heavy atom. The van der Waals surface area contributed by atoms with E-state index >= 15 is 0 Å². The van der Waals surface area contributed by atoms with Crippen molar-refractivity contribution in [3.05, 3.63) is 43.8 Å². The SMILES string of the molecule is Cc1sc(NC(=O)C(C)Oc2ccc(I)cc2)c(C(N)=O)c1C. The minimum Gasteiger partial charge on any atom is -0.481 e. The van der Waals surface area contributed by atoms with Crippen molar-refractivity contribution in [1.29, 1.82) is 0 Å². The number of rotatable bonds is 5. The predicted octanol–water partition coefficient (Wildman–Crippen LogP) is 3.47. The van der Waals surface area contributed by atoms with Crippen molar-refractivity contribution in [2.24, 2.45) is 5.73 Å². The number of benzene rings is 1. The minimum atomic E-state index is -0.696. The molecule has 0 spiro atoms. The van der Waals surface area contributed by atoms with Crippen molar-refractivity contribution in [1.82, 2.24) is 0 Å². The number of ether oxygens (including phenoxy) is 1. The van der Waals surface area contributed by atoms with Gasteiger partial charge >= 0.3 is 0 Å². The fourth-order valence-corrected chi connectivity index (χ4v) is 3.42. The third-order valence-corrected chi connectivity index (χ3v) is 5.21. The van der Waals surface area contributed by atoms with Crippen molar-refractivity contribution in [2.75, 3.05) is 5.32 Å². The molecule has 0 aliphatic carbocycles. The smallest absolute Gasteiger partial charge is 0.265 e. The van der Waals surface area contributed by atoms with E-state index in [1.54, 1.807) is 19.1 Å². The van der Waals surface area contributed by atoms with E-state index in [4.69, 9.17) is 10.5 Å². The van der Waals surface area contributed by atoms with Crippen LogP contribution in [0.4, 0.5) is 5.00 Å². The monoisotopic (exact) mass is 444 g/mol. The summed E-state index contributed by atoms with van der Waals surface area (Å²) in [4.78, 5) is 24.8. The number of hydrogen-bond acceptors (Lipinski definition) is 4. The number of anilines is 1. The molecule has 7 heteroatoms. The molecule has 0 aliphatic rings. The van der Waals surface area contributed by atoms with Gasteiger partial charge in [0.2, 0.25) is 0 Å². The molecule has 3 N–H and O–H groups in total. The molecule has 2 aromatic rings. The van der Waals surface area contributed by atoms with E-state index in [0.29, 0.717) is 16.3 Å². The number of thiophene rings is 1. The summed E-state index contributed by atoms with van der Waals surface area (Å²) in [6.07, 6.45) is -0.696.